The topological polar surface area (TPSA) is 24.5 Å². The van der Waals surface area contributed by atoms with E-state index in [1.54, 1.807) is 11.3 Å². The smallest absolute Gasteiger partial charge is 0.107 e. The van der Waals surface area contributed by atoms with E-state index in [1.165, 1.54) is 4.88 Å². The Hall–Kier alpha value is 0.350. The highest BCUT2D eigenvalue weighted by Gasteiger charge is 2.20. The van der Waals surface area contributed by atoms with Crippen LogP contribution in [-0.4, -0.2) is 44.3 Å². The summed E-state index contributed by atoms with van der Waals surface area (Å²) in [6.45, 7) is 4.65. The Morgan fingerprint density at radius 3 is 3.18 bits per heavy atom. The van der Waals surface area contributed by atoms with Gasteiger partial charge in [0.05, 0.1) is 12.7 Å². The number of thiophene rings is 1. The van der Waals surface area contributed by atoms with Gasteiger partial charge in [-0.25, -0.2) is 0 Å². The van der Waals surface area contributed by atoms with Gasteiger partial charge in [-0.3, -0.25) is 4.90 Å². The zero-order valence-electron chi connectivity index (χ0n) is 9.71. The van der Waals surface area contributed by atoms with Crippen LogP contribution in [0.3, 0.4) is 0 Å². The van der Waals surface area contributed by atoms with Gasteiger partial charge in [-0.15, -0.1) is 11.3 Å². The van der Waals surface area contributed by atoms with E-state index in [0.29, 0.717) is 6.10 Å². The SMILES string of the molecule is CNCC1CN(Cc2cc(Br)c(Cl)s2)CCO1. The second-order valence-corrected chi connectivity index (χ2v) is 6.71. The number of nitrogens with zero attached hydrogens (tertiary/aromatic N) is 1. The molecule has 1 aliphatic rings. The Balaban J connectivity index is 1.90. The Morgan fingerprint density at radius 1 is 1.71 bits per heavy atom. The summed E-state index contributed by atoms with van der Waals surface area (Å²) >= 11 is 11.1. The molecule has 0 saturated carbocycles. The fraction of sp³-hybridized carbons (Fsp3) is 0.636. The number of halogens is 2. The summed E-state index contributed by atoms with van der Waals surface area (Å²) in [7, 11) is 1.96. The first-order valence-electron chi connectivity index (χ1n) is 5.61. The van der Waals surface area contributed by atoms with E-state index < -0.39 is 0 Å². The molecule has 1 aromatic rings. The lowest BCUT2D eigenvalue weighted by molar-refractivity contribution is -0.0288. The Bertz CT molecular complexity index is 353. The molecule has 0 bridgehead atoms. The Kier molecular flexibility index (Phi) is 5.26. The van der Waals surface area contributed by atoms with Gasteiger partial charge in [0.25, 0.3) is 0 Å². The summed E-state index contributed by atoms with van der Waals surface area (Å²) in [5, 5.41) is 3.16. The maximum absolute atomic E-state index is 6.04. The molecule has 17 heavy (non-hydrogen) atoms. The van der Waals surface area contributed by atoms with Gasteiger partial charge in [0, 0.05) is 35.5 Å². The van der Waals surface area contributed by atoms with E-state index >= 15 is 0 Å². The van der Waals surface area contributed by atoms with Crippen LogP contribution < -0.4 is 5.32 Å². The molecule has 1 saturated heterocycles. The molecule has 3 nitrogen and oxygen atoms in total. The van der Waals surface area contributed by atoms with Crippen molar-refractivity contribution in [2.45, 2.75) is 12.6 Å². The number of hydrogen-bond acceptors (Lipinski definition) is 4. The molecule has 1 atom stereocenters. The maximum Gasteiger partial charge on any atom is 0.107 e. The van der Waals surface area contributed by atoms with Gasteiger partial charge in [0.1, 0.15) is 4.34 Å². The van der Waals surface area contributed by atoms with Gasteiger partial charge < -0.3 is 10.1 Å². The van der Waals surface area contributed by atoms with Gasteiger partial charge in [-0.05, 0) is 29.0 Å². The van der Waals surface area contributed by atoms with Crippen molar-refractivity contribution in [3.05, 3.63) is 19.8 Å². The standard InChI is InChI=1S/C11H16BrClN2OS/c1-14-5-8-6-15(2-3-16-8)7-9-4-10(12)11(13)17-9/h4,8,14H,2-3,5-7H2,1H3. The number of ether oxygens (including phenoxy) is 1. The molecule has 1 N–H and O–H groups in total. The number of rotatable bonds is 4. The molecule has 0 radical (unpaired) electrons. The molecule has 6 heteroatoms. The number of likely N-dealkylation sites (N-methyl/N-ethyl adjacent to an activating group) is 1. The zero-order valence-corrected chi connectivity index (χ0v) is 12.9. The van der Waals surface area contributed by atoms with E-state index in [9.17, 15) is 0 Å². The molecule has 1 fully saturated rings. The van der Waals surface area contributed by atoms with E-state index in [2.05, 4.69) is 32.2 Å². The minimum Gasteiger partial charge on any atom is -0.374 e. The van der Waals surface area contributed by atoms with Gasteiger partial charge in [0.2, 0.25) is 0 Å². The summed E-state index contributed by atoms with van der Waals surface area (Å²) < 4.78 is 7.51. The van der Waals surface area contributed by atoms with Crippen LogP contribution in [0.2, 0.25) is 4.34 Å². The molecule has 96 valence electrons. The third-order valence-corrected chi connectivity index (χ3v) is 5.19. The highest BCUT2D eigenvalue weighted by Crippen LogP contribution is 2.32. The molecule has 2 heterocycles. The van der Waals surface area contributed by atoms with Crippen molar-refractivity contribution in [1.82, 2.24) is 10.2 Å². The molecule has 1 aromatic heterocycles. The predicted molar refractivity (Wildman–Crippen MR) is 76.0 cm³/mol. The lowest BCUT2D eigenvalue weighted by atomic mass is 10.2. The summed E-state index contributed by atoms with van der Waals surface area (Å²) in [6, 6.07) is 2.11. The normalized spacial score (nSPS) is 21.9. The van der Waals surface area contributed by atoms with Crippen LogP contribution in [0, 0.1) is 0 Å². The van der Waals surface area contributed by atoms with Crippen molar-refractivity contribution in [3.8, 4) is 0 Å². The molecule has 1 aliphatic heterocycles. The second kappa shape index (κ2) is 6.50. The third-order valence-electron chi connectivity index (χ3n) is 2.73. The zero-order chi connectivity index (χ0) is 12.3. The first kappa shape index (κ1) is 13.8. The largest absolute Gasteiger partial charge is 0.374 e. The van der Waals surface area contributed by atoms with Gasteiger partial charge in [0.15, 0.2) is 0 Å². The maximum atomic E-state index is 6.04. The molecule has 0 aromatic carbocycles. The van der Waals surface area contributed by atoms with E-state index in [4.69, 9.17) is 16.3 Å². The number of morpholine rings is 1. The molecule has 2 rings (SSSR count). The lowest BCUT2D eigenvalue weighted by Gasteiger charge is -2.32. The van der Waals surface area contributed by atoms with Gasteiger partial charge in [-0.1, -0.05) is 11.6 Å². The van der Waals surface area contributed by atoms with Crippen LogP contribution in [0.5, 0.6) is 0 Å². The Morgan fingerprint density at radius 2 is 2.53 bits per heavy atom. The van der Waals surface area contributed by atoms with E-state index in [1.807, 2.05) is 7.05 Å². The predicted octanol–water partition coefficient (Wildman–Crippen LogP) is 2.58. The highest BCUT2D eigenvalue weighted by atomic mass is 79.9. The van der Waals surface area contributed by atoms with Crippen molar-refractivity contribution >= 4 is 38.9 Å². The van der Waals surface area contributed by atoms with Crippen molar-refractivity contribution in [1.29, 1.82) is 0 Å². The molecular formula is C11H16BrClN2OS. The monoisotopic (exact) mass is 338 g/mol. The quantitative estimate of drug-likeness (QED) is 0.912. The molecule has 1 unspecified atom stereocenters. The second-order valence-electron chi connectivity index (χ2n) is 4.12. The van der Waals surface area contributed by atoms with Crippen molar-refractivity contribution < 1.29 is 4.74 Å². The fourth-order valence-electron chi connectivity index (χ4n) is 1.96. The first-order chi connectivity index (χ1) is 8.19. The third kappa shape index (κ3) is 3.91. The summed E-state index contributed by atoms with van der Waals surface area (Å²) in [4.78, 5) is 3.71. The Labute approximate surface area is 119 Å². The average Bonchev–Trinajstić information content (AvgIpc) is 2.59. The van der Waals surface area contributed by atoms with Crippen LogP contribution in [0.25, 0.3) is 0 Å². The van der Waals surface area contributed by atoms with Gasteiger partial charge >= 0.3 is 0 Å². The van der Waals surface area contributed by atoms with Crippen molar-refractivity contribution in [2.75, 3.05) is 33.3 Å². The molecule has 0 spiro atoms. The van der Waals surface area contributed by atoms with Crippen LogP contribution in [-0.2, 0) is 11.3 Å². The number of nitrogens with one attached hydrogen (secondary N) is 1. The van der Waals surface area contributed by atoms with Crippen LogP contribution in [0.1, 0.15) is 4.88 Å². The van der Waals surface area contributed by atoms with Gasteiger partial charge in [-0.2, -0.15) is 0 Å². The minimum atomic E-state index is 0.299. The average molecular weight is 340 g/mol. The summed E-state index contributed by atoms with van der Waals surface area (Å²) in [6.07, 6.45) is 0.299. The van der Waals surface area contributed by atoms with Crippen molar-refractivity contribution in [3.63, 3.8) is 0 Å². The highest BCUT2D eigenvalue weighted by molar-refractivity contribution is 9.10. The molecular weight excluding hydrogens is 324 g/mol. The first-order valence-corrected chi connectivity index (χ1v) is 7.60. The fourth-order valence-corrected chi connectivity index (χ4v) is 3.80. The van der Waals surface area contributed by atoms with E-state index in [-0.39, 0.29) is 0 Å². The van der Waals surface area contributed by atoms with Crippen LogP contribution >= 0.6 is 38.9 Å². The summed E-state index contributed by atoms with van der Waals surface area (Å²) in [5.74, 6) is 0. The minimum absolute atomic E-state index is 0.299. The van der Waals surface area contributed by atoms with E-state index in [0.717, 1.165) is 41.6 Å². The van der Waals surface area contributed by atoms with Crippen molar-refractivity contribution in [2.24, 2.45) is 0 Å². The van der Waals surface area contributed by atoms with Crippen LogP contribution in [0.15, 0.2) is 10.5 Å². The lowest BCUT2D eigenvalue weighted by Crippen LogP contribution is -2.45. The molecule has 0 amide bonds. The van der Waals surface area contributed by atoms with Crippen LogP contribution in [0.4, 0.5) is 0 Å². The summed E-state index contributed by atoms with van der Waals surface area (Å²) in [5.41, 5.74) is 0. The number of hydrogen-bond donors (Lipinski definition) is 1. The molecule has 0 aliphatic carbocycles.